The number of ether oxygens (including phenoxy) is 3. The molecule has 1 spiro atoms. The van der Waals surface area contributed by atoms with Crippen molar-refractivity contribution in [3.63, 3.8) is 0 Å². The van der Waals surface area contributed by atoms with Gasteiger partial charge in [-0.25, -0.2) is 4.79 Å². The van der Waals surface area contributed by atoms with E-state index in [4.69, 9.17) is 14.2 Å². The monoisotopic (exact) mass is 548 g/mol. The van der Waals surface area contributed by atoms with Gasteiger partial charge in [0.25, 0.3) is 0 Å². The number of benzene rings is 1. The molecule has 0 radical (unpaired) electrons. The maximum absolute atomic E-state index is 14.8. The molecule has 2 heterocycles. The summed E-state index contributed by atoms with van der Waals surface area (Å²) < 4.78 is 18.9. The summed E-state index contributed by atoms with van der Waals surface area (Å²) >= 11 is 0. The molecule has 2 bridgehead atoms. The molecule has 2 N–H and O–H groups in total. The van der Waals surface area contributed by atoms with Crippen molar-refractivity contribution >= 4 is 23.3 Å². The van der Waals surface area contributed by atoms with Gasteiger partial charge in [-0.1, -0.05) is 45.1 Å². The minimum atomic E-state index is -1.82. The van der Waals surface area contributed by atoms with Crippen molar-refractivity contribution in [2.24, 2.45) is 34.5 Å². The van der Waals surface area contributed by atoms with E-state index in [0.29, 0.717) is 24.6 Å². The van der Waals surface area contributed by atoms with Crippen LogP contribution in [0.1, 0.15) is 48.0 Å². The van der Waals surface area contributed by atoms with Crippen LogP contribution < -0.4 is 10.2 Å². The molecule has 3 fully saturated rings. The van der Waals surface area contributed by atoms with E-state index >= 15 is 0 Å². The molecule has 2 saturated carbocycles. The Morgan fingerprint density at radius 3 is 2.73 bits per heavy atom. The number of Topliss-reactive ketones (excluding diaryl/α,β-unsaturated/α-hetero) is 1. The van der Waals surface area contributed by atoms with Crippen molar-refractivity contribution in [2.75, 3.05) is 29.9 Å². The molecule has 1 saturated heterocycles. The highest BCUT2D eigenvalue weighted by atomic mass is 16.7. The zero-order valence-corrected chi connectivity index (χ0v) is 24.2. The Morgan fingerprint density at radius 2 is 1.95 bits per heavy atom. The number of ketones is 1. The Kier molecular flexibility index (Phi) is 5.38. The smallest absolute Gasteiger partial charge is 0.415 e. The zero-order valence-electron chi connectivity index (χ0n) is 24.2. The lowest BCUT2D eigenvalue weighted by Crippen LogP contribution is -2.68. The van der Waals surface area contributed by atoms with Crippen LogP contribution >= 0.6 is 0 Å². The maximum Gasteiger partial charge on any atom is 0.415 e. The molecule has 1 aromatic rings. The minimum Gasteiger partial charge on any atom is -0.438 e. The van der Waals surface area contributed by atoms with Crippen molar-refractivity contribution in [3.8, 4) is 0 Å². The Bertz CT molecular complexity index is 1360. The fourth-order valence-corrected chi connectivity index (χ4v) is 8.94. The van der Waals surface area contributed by atoms with Gasteiger partial charge in [-0.15, -0.1) is 0 Å². The van der Waals surface area contributed by atoms with E-state index in [1.54, 1.807) is 4.90 Å². The number of nitrogens with zero attached hydrogens (tertiary/aromatic N) is 1. The second-order valence-electron chi connectivity index (χ2n) is 13.9. The Morgan fingerprint density at radius 1 is 1.20 bits per heavy atom. The van der Waals surface area contributed by atoms with E-state index < -0.39 is 35.1 Å². The number of anilines is 2. The Labute approximate surface area is 235 Å². The summed E-state index contributed by atoms with van der Waals surface area (Å²) in [5.41, 5.74) is -0.0127. The SMILES string of the molecule is CC1=C[C@]23C(=O)[C@@H](C=C4COC(C)(C)O[C@H]4[C@]2(O)[C@H]1OC(=O)N1CCNc2ccccc21)[C@H]1[C@@H](C[C@H]3C)C1(C)C. The average molecular weight is 549 g/mol. The summed E-state index contributed by atoms with van der Waals surface area (Å²) in [4.78, 5) is 30.3. The number of rotatable bonds is 1. The summed E-state index contributed by atoms with van der Waals surface area (Å²) in [5, 5.41) is 16.5. The molecule has 214 valence electrons. The number of allylic oxidation sites excluding steroid dienone is 1. The largest absolute Gasteiger partial charge is 0.438 e. The maximum atomic E-state index is 14.8. The van der Waals surface area contributed by atoms with Crippen molar-refractivity contribution in [1.82, 2.24) is 0 Å². The van der Waals surface area contributed by atoms with E-state index in [2.05, 4.69) is 26.1 Å². The second kappa shape index (κ2) is 8.20. The first-order chi connectivity index (χ1) is 18.8. The number of carbonyl (C=O) groups is 2. The molecule has 2 aliphatic heterocycles. The van der Waals surface area contributed by atoms with Gasteiger partial charge in [0, 0.05) is 19.0 Å². The van der Waals surface area contributed by atoms with Gasteiger partial charge in [0.05, 0.1) is 23.4 Å². The molecule has 6 aliphatic rings. The molecule has 8 atom stereocenters. The van der Waals surface area contributed by atoms with Crippen LogP contribution in [0, 0.1) is 34.5 Å². The number of fused-ring (bicyclic) bond motifs is 6. The van der Waals surface area contributed by atoms with Crippen molar-refractivity contribution in [1.29, 1.82) is 0 Å². The number of para-hydroxylation sites is 2. The predicted octanol–water partition coefficient (Wildman–Crippen LogP) is 4.69. The van der Waals surface area contributed by atoms with Crippen molar-refractivity contribution in [3.05, 3.63) is 47.6 Å². The number of hydrogen-bond acceptors (Lipinski definition) is 7. The molecule has 7 rings (SSSR count). The van der Waals surface area contributed by atoms with Gasteiger partial charge in [-0.3, -0.25) is 9.69 Å². The lowest BCUT2D eigenvalue weighted by Gasteiger charge is -2.52. The molecule has 8 nitrogen and oxygen atoms in total. The van der Waals surface area contributed by atoms with Crippen LogP contribution in [0.4, 0.5) is 16.2 Å². The predicted molar refractivity (Wildman–Crippen MR) is 150 cm³/mol. The quantitative estimate of drug-likeness (QED) is 0.492. The first-order valence-electron chi connectivity index (χ1n) is 14.6. The van der Waals surface area contributed by atoms with Crippen LogP contribution in [0.15, 0.2) is 47.6 Å². The van der Waals surface area contributed by atoms with Crippen LogP contribution in [-0.2, 0) is 19.0 Å². The Hall–Kier alpha value is -2.68. The fraction of sp³-hybridized carbons (Fsp3) is 0.625. The summed E-state index contributed by atoms with van der Waals surface area (Å²) in [6.07, 6.45) is 2.29. The Balaban J connectivity index is 1.35. The van der Waals surface area contributed by atoms with Crippen LogP contribution in [0.2, 0.25) is 0 Å². The summed E-state index contributed by atoms with van der Waals surface area (Å²) in [6.45, 7) is 13.3. The number of aliphatic hydroxyl groups is 1. The van der Waals surface area contributed by atoms with Crippen LogP contribution in [-0.4, -0.2) is 60.3 Å². The third-order valence-electron chi connectivity index (χ3n) is 11.0. The molecule has 4 aliphatic carbocycles. The van der Waals surface area contributed by atoms with E-state index in [1.165, 1.54) is 0 Å². The third-order valence-corrected chi connectivity index (χ3v) is 11.0. The normalized spacial score (nSPS) is 42.0. The summed E-state index contributed by atoms with van der Waals surface area (Å²) in [7, 11) is 0. The third kappa shape index (κ3) is 3.24. The molecule has 8 heteroatoms. The van der Waals surface area contributed by atoms with Gasteiger partial charge < -0.3 is 24.6 Å². The van der Waals surface area contributed by atoms with Gasteiger partial charge >= 0.3 is 6.09 Å². The minimum absolute atomic E-state index is 0.00861. The first-order valence-corrected chi connectivity index (χ1v) is 14.6. The first kappa shape index (κ1) is 26.2. The van der Waals surface area contributed by atoms with Crippen molar-refractivity contribution < 1.29 is 28.9 Å². The topological polar surface area (TPSA) is 97.3 Å². The molecule has 1 aromatic carbocycles. The van der Waals surface area contributed by atoms with E-state index in [-0.39, 0.29) is 35.6 Å². The molecule has 0 aromatic heterocycles. The molecular formula is C32H40N2O6. The van der Waals surface area contributed by atoms with Gasteiger partial charge in [-0.05, 0) is 73.6 Å². The average Bonchev–Trinajstić information content (AvgIpc) is 3.40. The lowest BCUT2D eigenvalue weighted by atomic mass is 9.59. The highest BCUT2D eigenvalue weighted by molar-refractivity contribution is 5.96. The molecule has 1 amide bonds. The number of carbonyl (C=O) groups excluding carboxylic acids is 2. The summed E-state index contributed by atoms with van der Waals surface area (Å²) in [6, 6.07) is 7.61. The number of nitrogens with one attached hydrogen (secondary N) is 1. The zero-order chi connectivity index (χ0) is 28.4. The van der Waals surface area contributed by atoms with E-state index in [1.807, 2.05) is 57.2 Å². The highest BCUT2D eigenvalue weighted by Crippen LogP contribution is 2.72. The van der Waals surface area contributed by atoms with Gasteiger partial charge in [0.15, 0.2) is 23.3 Å². The van der Waals surface area contributed by atoms with Gasteiger partial charge in [-0.2, -0.15) is 0 Å². The molecular weight excluding hydrogens is 508 g/mol. The summed E-state index contributed by atoms with van der Waals surface area (Å²) in [5.74, 6) is -0.935. The second-order valence-corrected chi connectivity index (χ2v) is 13.9. The van der Waals surface area contributed by atoms with Crippen LogP contribution in [0.3, 0.4) is 0 Å². The number of amides is 1. The molecule has 40 heavy (non-hydrogen) atoms. The van der Waals surface area contributed by atoms with Gasteiger partial charge in [0.1, 0.15) is 6.10 Å². The van der Waals surface area contributed by atoms with Crippen molar-refractivity contribution in [2.45, 2.75) is 71.6 Å². The lowest BCUT2D eigenvalue weighted by molar-refractivity contribution is -0.302. The number of hydrogen-bond donors (Lipinski definition) is 2. The molecule has 0 unspecified atom stereocenters. The van der Waals surface area contributed by atoms with Crippen LogP contribution in [0.25, 0.3) is 0 Å². The van der Waals surface area contributed by atoms with E-state index in [9.17, 15) is 14.7 Å². The highest BCUT2D eigenvalue weighted by Gasteiger charge is 2.77. The standard InChI is InChI=1S/C32H40N2O6/c1-17-15-31-18(2)13-21-24(29(21,3)4)20(25(31)35)14-19-16-38-30(5,6)40-27(19)32(31,37)26(17)39-28(36)34-12-11-33-22-9-7-8-10-23(22)34/h7-10,14-15,18,20-21,24,26-27,33,37H,11-13,16H2,1-6H3/t18-,20+,21-,24+,26+,27-,31+,32-/m1/s1. The van der Waals surface area contributed by atoms with E-state index in [0.717, 1.165) is 23.4 Å². The van der Waals surface area contributed by atoms with Gasteiger partial charge in [0.2, 0.25) is 0 Å². The fourth-order valence-electron chi connectivity index (χ4n) is 8.94. The van der Waals surface area contributed by atoms with Crippen LogP contribution in [0.5, 0.6) is 0 Å².